The molecule has 0 unspecified atom stereocenters. The van der Waals surface area contributed by atoms with Gasteiger partial charge in [0, 0.05) is 11.1 Å². The van der Waals surface area contributed by atoms with Crippen LogP contribution in [0, 0.1) is 64.1 Å². The Balaban J connectivity index is 1.28. The van der Waals surface area contributed by atoms with E-state index in [4.69, 9.17) is 0 Å². The molecular formula is C30H45N. The highest BCUT2D eigenvalue weighted by Crippen LogP contribution is 2.66. The van der Waals surface area contributed by atoms with Gasteiger partial charge in [-0.25, -0.2) is 0 Å². The minimum atomic E-state index is 0.302. The molecule has 1 heteroatoms. The fourth-order valence-corrected chi connectivity index (χ4v) is 9.79. The highest BCUT2D eigenvalue weighted by molar-refractivity contribution is 5.95. The van der Waals surface area contributed by atoms with Crippen LogP contribution in [-0.2, 0) is 0 Å². The molecule has 0 radical (unpaired) electrons. The zero-order valence-electron chi connectivity index (χ0n) is 20.8. The second-order valence-electron chi connectivity index (χ2n) is 12.8. The summed E-state index contributed by atoms with van der Waals surface area (Å²) in [5, 5.41) is 0. The maximum Gasteiger partial charge on any atom is 0.0606 e. The number of hydrogen-bond donors (Lipinski definition) is 0. The molecule has 170 valence electrons. The van der Waals surface area contributed by atoms with Crippen molar-refractivity contribution in [2.24, 2.45) is 57.2 Å². The van der Waals surface area contributed by atoms with Gasteiger partial charge in [-0.15, -0.1) is 5.92 Å². The summed E-state index contributed by atoms with van der Waals surface area (Å²) >= 11 is 0. The van der Waals surface area contributed by atoms with Gasteiger partial charge in [-0.2, -0.15) is 0 Å². The van der Waals surface area contributed by atoms with E-state index in [1.807, 2.05) is 6.92 Å². The van der Waals surface area contributed by atoms with E-state index in [2.05, 4.69) is 50.6 Å². The molecule has 0 amide bonds. The van der Waals surface area contributed by atoms with Crippen LogP contribution in [0.3, 0.4) is 0 Å². The first-order valence-electron chi connectivity index (χ1n) is 13.5. The first kappa shape index (κ1) is 21.8. The quantitative estimate of drug-likeness (QED) is 0.415. The van der Waals surface area contributed by atoms with E-state index in [9.17, 15) is 0 Å². The highest BCUT2D eigenvalue weighted by Gasteiger charge is 2.58. The molecule has 0 spiro atoms. The Morgan fingerprint density at radius 3 is 2.58 bits per heavy atom. The van der Waals surface area contributed by atoms with Crippen LogP contribution in [-0.4, -0.2) is 12.3 Å². The van der Waals surface area contributed by atoms with E-state index in [1.165, 1.54) is 69.9 Å². The van der Waals surface area contributed by atoms with Crippen LogP contribution in [0.5, 0.6) is 0 Å². The van der Waals surface area contributed by atoms with Gasteiger partial charge in [0.2, 0.25) is 0 Å². The number of fused-ring (bicyclic) bond motifs is 5. The molecule has 4 fully saturated rings. The second kappa shape index (κ2) is 8.08. The molecule has 0 aromatic carbocycles. The van der Waals surface area contributed by atoms with Crippen molar-refractivity contribution in [3.05, 3.63) is 11.6 Å². The van der Waals surface area contributed by atoms with Crippen LogP contribution < -0.4 is 0 Å². The van der Waals surface area contributed by atoms with Crippen molar-refractivity contribution in [2.75, 3.05) is 6.54 Å². The molecule has 9 atom stereocenters. The maximum atomic E-state index is 4.63. The van der Waals surface area contributed by atoms with Gasteiger partial charge in [0.25, 0.3) is 0 Å². The van der Waals surface area contributed by atoms with Crippen molar-refractivity contribution >= 4 is 5.71 Å². The average molecular weight is 420 g/mol. The van der Waals surface area contributed by atoms with E-state index >= 15 is 0 Å². The number of aliphatic imine (C=N–C) groups is 1. The Labute approximate surface area is 191 Å². The van der Waals surface area contributed by atoms with E-state index in [-0.39, 0.29) is 0 Å². The lowest BCUT2D eigenvalue weighted by Gasteiger charge is -2.57. The smallest absolute Gasteiger partial charge is 0.0606 e. The number of nitrogens with zero attached hydrogens (tertiary/aromatic N) is 1. The Kier molecular flexibility index (Phi) is 5.68. The second-order valence-corrected chi connectivity index (χ2v) is 12.8. The van der Waals surface area contributed by atoms with Crippen molar-refractivity contribution in [1.82, 2.24) is 0 Å². The van der Waals surface area contributed by atoms with Gasteiger partial charge in [0.1, 0.15) is 0 Å². The van der Waals surface area contributed by atoms with Gasteiger partial charge >= 0.3 is 0 Å². The monoisotopic (exact) mass is 419 g/mol. The molecule has 5 aliphatic rings. The molecule has 1 nitrogen and oxygen atoms in total. The Hall–Kier alpha value is -1.03. The zero-order valence-corrected chi connectivity index (χ0v) is 20.8. The molecule has 4 aliphatic carbocycles. The van der Waals surface area contributed by atoms with Crippen molar-refractivity contribution in [2.45, 2.75) is 98.8 Å². The standard InChI is InChI=1S/C30H45N/c1-6-13-29(4)14-11-24-23(18-29)7-8-26-25(24)12-15-30(5)27(9-10-28(26)30)20(2)16-22-17-21(3)31-19-22/h17,20,23-28H,7-12,14-16,18-19H2,1-5H3/t20-,23+,24-,25+,26+,27+,28-,29+,30+/m0/s1. The fourth-order valence-electron chi connectivity index (χ4n) is 9.79. The zero-order chi connectivity index (χ0) is 21.8. The van der Waals surface area contributed by atoms with Gasteiger partial charge < -0.3 is 0 Å². The van der Waals surface area contributed by atoms with E-state index in [0.717, 1.165) is 48.0 Å². The Morgan fingerprint density at radius 2 is 1.84 bits per heavy atom. The van der Waals surface area contributed by atoms with Gasteiger partial charge in [0.05, 0.1) is 6.54 Å². The number of hydrogen-bond acceptors (Lipinski definition) is 1. The van der Waals surface area contributed by atoms with Crippen LogP contribution >= 0.6 is 0 Å². The topological polar surface area (TPSA) is 12.4 Å². The summed E-state index contributed by atoms with van der Waals surface area (Å²) in [4.78, 5) is 4.63. The maximum absolute atomic E-state index is 4.63. The van der Waals surface area contributed by atoms with E-state index in [0.29, 0.717) is 10.8 Å². The predicted molar refractivity (Wildman–Crippen MR) is 132 cm³/mol. The Morgan fingerprint density at radius 1 is 1.03 bits per heavy atom. The third-order valence-corrected chi connectivity index (χ3v) is 11.0. The summed E-state index contributed by atoms with van der Waals surface area (Å²) in [6.45, 7) is 12.9. The lowest BCUT2D eigenvalue weighted by atomic mass is 9.47. The van der Waals surface area contributed by atoms with Crippen molar-refractivity contribution in [3.8, 4) is 11.8 Å². The van der Waals surface area contributed by atoms with Crippen LogP contribution in [0.15, 0.2) is 16.6 Å². The van der Waals surface area contributed by atoms with Gasteiger partial charge in [-0.05, 0) is 143 Å². The molecule has 5 rings (SSSR count). The summed E-state index contributed by atoms with van der Waals surface area (Å²) in [5.41, 5.74) is 3.73. The first-order valence-corrected chi connectivity index (χ1v) is 13.5. The summed E-state index contributed by atoms with van der Waals surface area (Å²) in [6, 6.07) is 0. The van der Waals surface area contributed by atoms with Crippen molar-refractivity contribution in [1.29, 1.82) is 0 Å². The fraction of sp³-hybridized carbons (Fsp3) is 0.833. The van der Waals surface area contributed by atoms with E-state index in [1.54, 1.807) is 5.57 Å². The average Bonchev–Trinajstić information content (AvgIpc) is 3.29. The molecule has 0 N–H and O–H groups in total. The number of rotatable bonds is 3. The third-order valence-electron chi connectivity index (χ3n) is 11.0. The van der Waals surface area contributed by atoms with Gasteiger partial charge in [-0.3, -0.25) is 4.99 Å². The molecule has 4 saturated carbocycles. The van der Waals surface area contributed by atoms with Gasteiger partial charge in [0.15, 0.2) is 0 Å². The van der Waals surface area contributed by atoms with E-state index < -0.39 is 0 Å². The lowest BCUT2D eigenvalue weighted by molar-refractivity contribution is -0.0773. The van der Waals surface area contributed by atoms with Crippen LogP contribution in [0.4, 0.5) is 0 Å². The lowest BCUT2D eigenvalue weighted by Crippen LogP contribution is -2.49. The van der Waals surface area contributed by atoms with Crippen LogP contribution in [0.2, 0.25) is 0 Å². The molecular weight excluding hydrogens is 374 g/mol. The minimum absolute atomic E-state index is 0.302. The summed E-state index contributed by atoms with van der Waals surface area (Å²) in [5.74, 6) is 13.6. The van der Waals surface area contributed by atoms with Gasteiger partial charge in [-0.1, -0.05) is 19.8 Å². The predicted octanol–water partition coefficient (Wildman–Crippen LogP) is 7.71. The highest BCUT2D eigenvalue weighted by atomic mass is 14.8. The normalized spacial score (nSPS) is 47.3. The molecule has 0 aromatic heterocycles. The molecule has 1 heterocycles. The molecule has 0 aromatic rings. The summed E-state index contributed by atoms with van der Waals surface area (Å²) in [6.07, 6.45) is 16.8. The molecule has 1 aliphatic heterocycles. The molecule has 0 bridgehead atoms. The SMILES string of the molecule is CC#C[C@]1(C)CC[C@H]2[C@H](CC[C@@H]3[C@@H]2CC[C@]2(C)[C@@H]([C@@H](C)CC4=CC(C)=NC4)CC[C@@H]32)C1. The van der Waals surface area contributed by atoms with Crippen molar-refractivity contribution < 1.29 is 0 Å². The number of allylic oxidation sites excluding steroid dienone is 1. The molecule has 0 saturated heterocycles. The third kappa shape index (κ3) is 3.75. The summed E-state index contributed by atoms with van der Waals surface area (Å²) in [7, 11) is 0. The largest absolute Gasteiger partial charge is 0.286 e. The van der Waals surface area contributed by atoms with Crippen LogP contribution in [0.25, 0.3) is 0 Å². The molecule has 31 heavy (non-hydrogen) atoms. The van der Waals surface area contributed by atoms with Crippen molar-refractivity contribution in [3.63, 3.8) is 0 Å². The van der Waals surface area contributed by atoms with Crippen LogP contribution in [0.1, 0.15) is 98.8 Å². The first-order chi connectivity index (χ1) is 14.8. The summed E-state index contributed by atoms with van der Waals surface area (Å²) < 4.78 is 0. The minimum Gasteiger partial charge on any atom is -0.286 e. The Bertz CT molecular complexity index is 823.